The van der Waals surface area contributed by atoms with Gasteiger partial charge < -0.3 is 15.5 Å². The molecule has 0 aliphatic heterocycles. The zero-order valence-corrected chi connectivity index (χ0v) is 10.4. The van der Waals surface area contributed by atoms with E-state index in [1.54, 1.807) is 19.9 Å². The largest absolute Gasteiger partial charge is 0.508 e. The summed E-state index contributed by atoms with van der Waals surface area (Å²) < 4.78 is 0. The van der Waals surface area contributed by atoms with Crippen LogP contribution in [0.2, 0.25) is 0 Å². The van der Waals surface area contributed by atoms with Crippen LogP contribution < -0.4 is 5.32 Å². The molecule has 0 aromatic heterocycles. The van der Waals surface area contributed by atoms with Gasteiger partial charge in [0.25, 0.3) is 5.91 Å². The number of carbonyl (C=O) groups is 1. The summed E-state index contributed by atoms with van der Waals surface area (Å²) in [6.07, 6.45) is 0.571. The molecule has 1 rings (SSSR count). The first-order valence-electron chi connectivity index (χ1n) is 5.66. The van der Waals surface area contributed by atoms with Gasteiger partial charge in [0, 0.05) is 12.1 Å². The van der Waals surface area contributed by atoms with Crippen molar-refractivity contribution < 1.29 is 15.0 Å². The van der Waals surface area contributed by atoms with Gasteiger partial charge in [0.1, 0.15) is 5.75 Å². The summed E-state index contributed by atoms with van der Waals surface area (Å²) in [6, 6.07) is 4.58. The molecule has 0 aliphatic carbocycles. The van der Waals surface area contributed by atoms with E-state index in [9.17, 15) is 15.0 Å². The molecule has 94 valence electrons. The molecule has 0 heterocycles. The molecule has 3 N–H and O–H groups in total. The van der Waals surface area contributed by atoms with Gasteiger partial charge in [0.15, 0.2) is 0 Å². The van der Waals surface area contributed by atoms with Crippen LogP contribution in [0.5, 0.6) is 5.75 Å². The zero-order valence-electron chi connectivity index (χ0n) is 10.4. The van der Waals surface area contributed by atoms with Gasteiger partial charge in [0.05, 0.1) is 5.60 Å². The third-order valence-electron chi connectivity index (χ3n) is 2.85. The van der Waals surface area contributed by atoms with Crippen molar-refractivity contribution in [3.63, 3.8) is 0 Å². The topological polar surface area (TPSA) is 69.6 Å². The SMILES string of the molecule is CCC(C)(O)CNC(=O)c1ccc(O)cc1C. The van der Waals surface area contributed by atoms with Crippen molar-refractivity contribution in [2.45, 2.75) is 32.8 Å². The Balaban J connectivity index is 2.71. The number of aromatic hydroxyl groups is 1. The van der Waals surface area contributed by atoms with Crippen molar-refractivity contribution in [3.05, 3.63) is 29.3 Å². The van der Waals surface area contributed by atoms with E-state index < -0.39 is 5.60 Å². The van der Waals surface area contributed by atoms with E-state index in [1.165, 1.54) is 12.1 Å². The lowest BCUT2D eigenvalue weighted by molar-refractivity contribution is 0.0518. The van der Waals surface area contributed by atoms with E-state index >= 15 is 0 Å². The second-order valence-electron chi connectivity index (χ2n) is 4.53. The highest BCUT2D eigenvalue weighted by molar-refractivity contribution is 5.95. The maximum atomic E-state index is 11.8. The van der Waals surface area contributed by atoms with E-state index in [1.807, 2.05) is 6.92 Å². The van der Waals surface area contributed by atoms with Gasteiger partial charge in [-0.25, -0.2) is 0 Å². The van der Waals surface area contributed by atoms with E-state index in [0.29, 0.717) is 17.5 Å². The minimum atomic E-state index is -0.888. The fourth-order valence-corrected chi connectivity index (χ4v) is 1.39. The molecule has 4 heteroatoms. The number of hydrogen-bond donors (Lipinski definition) is 3. The number of nitrogens with one attached hydrogen (secondary N) is 1. The van der Waals surface area contributed by atoms with Gasteiger partial charge in [-0.2, -0.15) is 0 Å². The van der Waals surface area contributed by atoms with Gasteiger partial charge in [0.2, 0.25) is 0 Å². The first-order chi connectivity index (χ1) is 7.85. The highest BCUT2D eigenvalue weighted by Gasteiger charge is 2.19. The van der Waals surface area contributed by atoms with Crippen LogP contribution in [-0.2, 0) is 0 Å². The third kappa shape index (κ3) is 3.75. The first-order valence-corrected chi connectivity index (χ1v) is 5.66. The number of aliphatic hydroxyl groups is 1. The smallest absolute Gasteiger partial charge is 0.251 e. The highest BCUT2D eigenvalue weighted by Crippen LogP contribution is 2.15. The third-order valence-corrected chi connectivity index (χ3v) is 2.85. The number of aryl methyl sites for hydroxylation is 1. The Hall–Kier alpha value is -1.55. The van der Waals surface area contributed by atoms with Crippen molar-refractivity contribution in [2.75, 3.05) is 6.54 Å². The first kappa shape index (κ1) is 13.5. The quantitative estimate of drug-likeness (QED) is 0.744. The molecule has 17 heavy (non-hydrogen) atoms. The number of hydrogen-bond acceptors (Lipinski definition) is 3. The van der Waals surface area contributed by atoms with Crippen molar-refractivity contribution in [1.29, 1.82) is 0 Å². The molecule has 1 unspecified atom stereocenters. The van der Waals surface area contributed by atoms with Crippen LogP contribution in [0.1, 0.15) is 36.2 Å². The number of phenolic OH excluding ortho intramolecular Hbond substituents is 1. The fraction of sp³-hybridized carbons (Fsp3) is 0.462. The van der Waals surface area contributed by atoms with Gasteiger partial charge >= 0.3 is 0 Å². The molecule has 0 bridgehead atoms. The zero-order chi connectivity index (χ0) is 13.1. The number of phenols is 1. The number of carbonyl (C=O) groups excluding carboxylic acids is 1. The van der Waals surface area contributed by atoms with Crippen LogP contribution in [-0.4, -0.2) is 28.3 Å². The summed E-state index contributed by atoms with van der Waals surface area (Å²) in [7, 11) is 0. The van der Waals surface area contributed by atoms with Gasteiger partial charge in [-0.15, -0.1) is 0 Å². The summed E-state index contributed by atoms with van der Waals surface area (Å²) >= 11 is 0. The van der Waals surface area contributed by atoms with Crippen LogP contribution in [0.25, 0.3) is 0 Å². The average molecular weight is 237 g/mol. The van der Waals surface area contributed by atoms with Crippen LogP contribution in [0.3, 0.4) is 0 Å². The van der Waals surface area contributed by atoms with E-state index in [2.05, 4.69) is 5.32 Å². The Bertz CT molecular complexity index is 413. The maximum Gasteiger partial charge on any atom is 0.251 e. The Morgan fingerprint density at radius 1 is 1.47 bits per heavy atom. The second kappa shape index (κ2) is 5.19. The van der Waals surface area contributed by atoms with Crippen molar-refractivity contribution in [3.8, 4) is 5.75 Å². The molecule has 0 saturated carbocycles. The number of benzene rings is 1. The fourth-order valence-electron chi connectivity index (χ4n) is 1.39. The van der Waals surface area contributed by atoms with Crippen LogP contribution >= 0.6 is 0 Å². The maximum absolute atomic E-state index is 11.8. The molecule has 0 spiro atoms. The normalized spacial score (nSPS) is 14.1. The predicted octanol–water partition coefficient (Wildman–Crippen LogP) is 1.59. The molecule has 1 amide bonds. The van der Waals surface area contributed by atoms with Gasteiger partial charge in [-0.3, -0.25) is 4.79 Å². The van der Waals surface area contributed by atoms with Crippen molar-refractivity contribution in [1.82, 2.24) is 5.32 Å². The summed E-state index contributed by atoms with van der Waals surface area (Å²) in [5.74, 6) is -0.101. The Kier molecular flexibility index (Phi) is 4.12. The van der Waals surface area contributed by atoms with Crippen molar-refractivity contribution >= 4 is 5.91 Å². The lowest BCUT2D eigenvalue weighted by atomic mass is 10.0. The Morgan fingerprint density at radius 2 is 2.12 bits per heavy atom. The molecular formula is C13H19NO3. The summed E-state index contributed by atoms with van der Waals surface area (Å²) in [5.41, 5.74) is 0.328. The Labute approximate surface area is 101 Å². The van der Waals surface area contributed by atoms with Crippen LogP contribution in [0.4, 0.5) is 0 Å². The molecule has 4 nitrogen and oxygen atoms in total. The lowest BCUT2D eigenvalue weighted by Gasteiger charge is -2.21. The molecule has 0 radical (unpaired) electrons. The monoisotopic (exact) mass is 237 g/mol. The molecule has 0 fully saturated rings. The standard InChI is InChI=1S/C13H19NO3/c1-4-13(3,17)8-14-12(16)11-6-5-10(15)7-9(11)2/h5-7,15,17H,4,8H2,1-3H3,(H,14,16). The predicted molar refractivity (Wildman–Crippen MR) is 66.1 cm³/mol. The van der Waals surface area contributed by atoms with Crippen LogP contribution in [0, 0.1) is 6.92 Å². The second-order valence-corrected chi connectivity index (χ2v) is 4.53. The van der Waals surface area contributed by atoms with Gasteiger partial charge in [-0.05, 0) is 44.0 Å². The summed E-state index contributed by atoms with van der Waals surface area (Å²) in [4.78, 5) is 11.8. The number of rotatable bonds is 4. The molecule has 1 atom stereocenters. The number of amides is 1. The molecule has 0 saturated heterocycles. The molecule has 0 aliphatic rings. The minimum Gasteiger partial charge on any atom is -0.508 e. The highest BCUT2D eigenvalue weighted by atomic mass is 16.3. The molecule has 1 aromatic carbocycles. The van der Waals surface area contributed by atoms with E-state index in [0.717, 1.165) is 0 Å². The van der Waals surface area contributed by atoms with E-state index in [-0.39, 0.29) is 18.2 Å². The van der Waals surface area contributed by atoms with Crippen molar-refractivity contribution in [2.24, 2.45) is 0 Å². The van der Waals surface area contributed by atoms with Crippen LogP contribution in [0.15, 0.2) is 18.2 Å². The van der Waals surface area contributed by atoms with E-state index in [4.69, 9.17) is 0 Å². The summed E-state index contributed by atoms with van der Waals surface area (Å²) in [5, 5.41) is 21.7. The van der Waals surface area contributed by atoms with Gasteiger partial charge in [-0.1, -0.05) is 6.92 Å². The Morgan fingerprint density at radius 3 is 2.65 bits per heavy atom. The average Bonchev–Trinajstić information content (AvgIpc) is 2.26. The molecule has 1 aromatic rings. The summed E-state index contributed by atoms with van der Waals surface area (Å²) in [6.45, 7) is 5.50. The minimum absolute atomic E-state index is 0.139. The molecular weight excluding hydrogens is 218 g/mol. The lowest BCUT2D eigenvalue weighted by Crippen LogP contribution is -2.40.